The van der Waals surface area contributed by atoms with Gasteiger partial charge < -0.3 is 0 Å². The van der Waals surface area contributed by atoms with Crippen LogP contribution in [0.1, 0.15) is 11.1 Å². The van der Waals surface area contributed by atoms with Gasteiger partial charge >= 0.3 is 89.6 Å². The van der Waals surface area contributed by atoms with Gasteiger partial charge in [0.05, 0.1) is 0 Å². The van der Waals surface area contributed by atoms with Crippen LogP contribution in [0, 0.1) is 0 Å². The Kier molecular flexibility index (Phi) is 3.76. The molecule has 0 saturated carbocycles. The second-order valence-corrected chi connectivity index (χ2v) is 14.3. The Bertz CT molecular complexity index is 320. The van der Waals surface area contributed by atoms with Crippen LogP contribution in [0.4, 0.5) is 0 Å². The summed E-state index contributed by atoms with van der Waals surface area (Å²) in [4.78, 5) is 2.20. The van der Waals surface area contributed by atoms with Gasteiger partial charge in [0.25, 0.3) is 0 Å². The fourth-order valence-electron chi connectivity index (χ4n) is 1.37. The minimum absolute atomic E-state index is 1.19. The van der Waals surface area contributed by atoms with Crippen molar-refractivity contribution in [1.29, 1.82) is 0 Å². The van der Waals surface area contributed by atoms with Crippen molar-refractivity contribution in [3.05, 3.63) is 53.5 Å². The topological polar surface area (TPSA) is 0 Å². The Morgan fingerprint density at radius 3 is 2.14 bits per heavy atom. The van der Waals surface area contributed by atoms with E-state index in [1.54, 1.807) is 0 Å². The minimum atomic E-state index is -1.69. The van der Waals surface area contributed by atoms with Crippen LogP contribution >= 0.6 is 0 Å². The van der Waals surface area contributed by atoms with E-state index in [4.69, 9.17) is 0 Å². The van der Waals surface area contributed by atoms with Gasteiger partial charge in [-0.05, 0) is 0 Å². The first-order valence-electron chi connectivity index (χ1n) is 4.92. The number of hydrogen-bond donors (Lipinski definition) is 0. The third-order valence-corrected chi connectivity index (χ3v) is 7.51. The molecule has 0 aliphatic rings. The van der Waals surface area contributed by atoms with Crippen LogP contribution in [0.25, 0.3) is 6.08 Å². The van der Waals surface area contributed by atoms with Gasteiger partial charge in [-0.2, -0.15) is 0 Å². The quantitative estimate of drug-likeness (QED) is 0.709. The standard InChI is InChI=1S/C13H18Ge/c1-5-12-7-9-13(10-8-12)11-14(3,4)6-2/h5-10H,1-2,11H2,3-4H3. The van der Waals surface area contributed by atoms with Crippen LogP contribution < -0.4 is 0 Å². The molecule has 0 bridgehead atoms. The molecule has 0 atom stereocenters. The summed E-state index contributed by atoms with van der Waals surface area (Å²) in [6.45, 7) is 7.68. The van der Waals surface area contributed by atoms with Crippen LogP contribution in [-0.2, 0) is 5.25 Å². The molecule has 0 amide bonds. The van der Waals surface area contributed by atoms with Gasteiger partial charge in [-0.1, -0.05) is 0 Å². The molecule has 0 aliphatic carbocycles. The third kappa shape index (κ3) is 3.19. The second-order valence-electron chi connectivity index (χ2n) is 4.32. The Hall–Kier alpha value is -0.757. The van der Waals surface area contributed by atoms with Gasteiger partial charge in [0, 0.05) is 0 Å². The van der Waals surface area contributed by atoms with Crippen LogP contribution in [-0.4, -0.2) is 13.3 Å². The first-order valence-corrected chi connectivity index (χ1v) is 11.8. The SMILES string of the molecule is C=Cc1ccc([CH2][Ge]([CH3])([CH3])[CH]=C)cc1. The first kappa shape index (κ1) is 11.3. The van der Waals surface area contributed by atoms with Crippen molar-refractivity contribution in [3.63, 3.8) is 0 Å². The van der Waals surface area contributed by atoms with E-state index in [9.17, 15) is 0 Å². The molecule has 1 rings (SSSR count). The van der Waals surface area contributed by atoms with Crippen LogP contribution in [0.5, 0.6) is 0 Å². The molecule has 0 heterocycles. The fraction of sp³-hybridized carbons (Fsp3) is 0.231. The molecule has 74 valence electrons. The molecule has 0 saturated heterocycles. The van der Waals surface area contributed by atoms with E-state index in [1.807, 2.05) is 6.08 Å². The zero-order valence-corrected chi connectivity index (χ0v) is 11.2. The summed E-state index contributed by atoms with van der Waals surface area (Å²) in [5.74, 6) is 4.77. The third-order valence-electron chi connectivity index (χ3n) is 2.43. The van der Waals surface area contributed by atoms with Crippen molar-refractivity contribution in [2.45, 2.75) is 16.8 Å². The summed E-state index contributed by atoms with van der Waals surface area (Å²) in [5, 5.41) is 1.22. The zero-order valence-electron chi connectivity index (χ0n) is 9.09. The zero-order chi connectivity index (χ0) is 10.6. The average molecular weight is 247 g/mol. The Balaban J connectivity index is 2.78. The summed E-state index contributed by atoms with van der Waals surface area (Å²) < 4.78 is 0. The number of hydrogen-bond acceptors (Lipinski definition) is 0. The van der Waals surface area contributed by atoms with E-state index in [0.717, 1.165) is 0 Å². The van der Waals surface area contributed by atoms with Crippen molar-refractivity contribution in [1.82, 2.24) is 0 Å². The molecule has 0 unspecified atom stereocenters. The molecule has 1 aromatic carbocycles. The molecule has 1 aromatic rings. The molecule has 0 fully saturated rings. The van der Waals surface area contributed by atoms with Crippen molar-refractivity contribution in [3.8, 4) is 0 Å². The second kappa shape index (κ2) is 4.65. The summed E-state index contributed by atoms with van der Waals surface area (Å²) in [6, 6.07) is 8.66. The molecule has 0 nitrogen and oxygen atoms in total. The average Bonchev–Trinajstić information content (AvgIpc) is 2.19. The van der Waals surface area contributed by atoms with Gasteiger partial charge in [0.1, 0.15) is 0 Å². The molecule has 0 radical (unpaired) electrons. The number of rotatable bonds is 4. The van der Waals surface area contributed by atoms with Crippen LogP contribution in [0.2, 0.25) is 11.5 Å². The van der Waals surface area contributed by atoms with Crippen LogP contribution in [0.3, 0.4) is 0 Å². The maximum atomic E-state index is 3.93. The summed E-state index contributed by atoms with van der Waals surface area (Å²) in [7, 11) is 0. The van der Waals surface area contributed by atoms with Crippen LogP contribution in [0.15, 0.2) is 42.3 Å². The van der Waals surface area contributed by atoms with Gasteiger partial charge in [-0.25, -0.2) is 0 Å². The monoisotopic (exact) mass is 248 g/mol. The van der Waals surface area contributed by atoms with E-state index in [-0.39, 0.29) is 0 Å². The Morgan fingerprint density at radius 1 is 1.14 bits per heavy atom. The van der Waals surface area contributed by atoms with Crippen molar-refractivity contribution < 1.29 is 0 Å². The van der Waals surface area contributed by atoms with Gasteiger partial charge in [0.15, 0.2) is 0 Å². The van der Waals surface area contributed by atoms with Crippen molar-refractivity contribution in [2.24, 2.45) is 0 Å². The Labute approximate surface area is 89.7 Å². The molecule has 14 heavy (non-hydrogen) atoms. The molecular formula is C13H18Ge. The molecule has 0 aliphatic heterocycles. The maximum absolute atomic E-state index is 3.93. The first-order chi connectivity index (χ1) is 6.57. The normalized spacial score (nSPS) is 11.0. The van der Waals surface area contributed by atoms with E-state index in [2.05, 4.69) is 53.8 Å². The van der Waals surface area contributed by atoms with E-state index < -0.39 is 13.3 Å². The van der Waals surface area contributed by atoms with Gasteiger partial charge in [0.2, 0.25) is 0 Å². The molecular weight excluding hydrogens is 229 g/mol. The number of benzene rings is 1. The van der Waals surface area contributed by atoms with Gasteiger partial charge in [-0.3, -0.25) is 0 Å². The fourth-order valence-corrected chi connectivity index (χ4v) is 4.37. The predicted octanol–water partition coefficient (Wildman–Crippen LogP) is 3.84. The van der Waals surface area contributed by atoms with E-state index in [1.165, 1.54) is 16.4 Å². The van der Waals surface area contributed by atoms with Crippen molar-refractivity contribution >= 4 is 19.3 Å². The Morgan fingerprint density at radius 2 is 1.71 bits per heavy atom. The molecule has 0 aromatic heterocycles. The van der Waals surface area contributed by atoms with E-state index in [0.29, 0.717) is 0 Å². The summed E-state index contributed by atoms with van der Waals surface area (Å²) >= 11 is -1.69. The molecule has 0 spiro atoms. The molecule has 0 N–H and O–H groups in total. The molecule has 1 heteroatoms. The van der Waals surface area contributed by atoms with E-state index >= 15 is 0 Å². The summed E-state index contributed by atoms with van der Waals surface area (Å²) in [5.41, 5.74) is 2.62. The van der Waals surface area contributed by atoms with Crippen molar-refractivity contribution in [2.75, 3.05) is 0 Å². The predicted molar refractivity (Wildman–Crippen MR) is 67.9 cm³/mol. The van der Waals surface area contributed by atoms with Gasteiger partial charge in [-0.15, -0.1) is 0 Å². The summed E-state index contributed by atoms with van der Waals surface area (Å²) in [6.07, 6.45) is 1.88.